The minimum Gasteiger partial charge on any atom is -0.0988 e. The maximum Gasteiger partial charge on any atom is -0.0247 e. The Kier molecular flexibility index (Phi) is 3.33. The van der Waals surface area contributed by atoms with E-state index in [-0.39, 0.29) is 0 Å². The van der Waals surface area contributed by atoms with Crippen LogP contribution in [0.4, 0.5) is 0 Å². The average molecular weight is 162 g/mol. The van der Waals surface area contributed by atoms with Gasteiger partial charge in [0.2, 0.25) is 0 Å². The molecule has 0 fully saturated rings. The van der Waals surface area contributed by atoms with E-state index >= 15 is 0 Å². The standard InChI is InChI=1S/C12H18/c1-4-10-7-11(5-2)9-12(6-3)8-10/h4-5,7,12H,1,6,8-9H2,2-3H3. The molecule has 0 aromatic carbocycles. The van der Waals surface area contributed by atoms with Gasteiger partial charge >= 0.3 is 0 Å². The fourth-order valence-electron chi connectivity index (χ4n) is 1.73. The molecule has 0 heteroatoms. The Bertz CT molecular complexity index is 218. The molecule has 0 aromatic heterocycles. The fourth-order valence-corrected chi connectivity index (χ4v) is 1.73. The summed E-state index contributed by atoms with van der Waals surface area (Å²) in [6, 6.07) is 0. The van der Waals surface area contributed by atoms with E-state index in [9.17, 15) is 0 Å². The summed E-state index contributed by atoms with van der Waals surface area (Å²) < 4.78 is 0. The number of rotatable bonds is 2. The highest BCUT2D eigenvalue weighted by Gasteiger charge is 2.14. The van der Waals surface area contributed by atoms with Gasteiger partial charge in [-0.15, -0.1) is 0 Å². The quantitative estimate of drug-likeness (QED) is 0.578. The second-order valence-electron chi connectivity index (χ2n) is 3.47. The van der Waals surface area contributed by atoms with E-state index in [1.807, 2.05) is 6.08 Å². The Hall–Kier alpha value is -0.780. The van der Waals surface area contributed by atoms with Crippen molar-refractivity contribution in [2.24, 2.45) is 5.92 Å². The van der Waals surface area contributed by atoms with Gasteiger partial charge in [0, 0.05) is 0 Å². The van der Waals surface area contributed by atoms with Crippen molar-refractivity contribution in [1.82, 2.24) is 0 Å². The molecule has 0 aliphatic heterocycles. The van der Waals surface area contributed by atoms with Gasteiger partial charge in [0.25, 0.3) is 0 Å². The Labute approximate surface area is 75.7 Å². The van der Waals surface area contributed by atoms with Crippen LogP contribution < -0.4 is 0 Å². The van der Waals surface area contributed by atoms with E-state index < -0.39 is 0 Å². The second kappa shape index (κ2) is 4.30. The highest BCUT2D eigenvalue weighted by molar-refractivity contribution is 5.32. The Morgan fingerprint density at radius 3 is 2.83 bits per heavy atom. The minimum atomic E-state index is 0.842. The summed E-state index contributed by atoms with van der Waals surface area (Å²) in [5.74, 6) is 0.842. The monoisotopic (exact) mass is 162 g/mol. The first-order valence-corrected chi connectivity index (χ1v) is 4.78. The van der Waals surface area contributed by atoms with Crippen LogP contribution in [-0.2, 0) is 0 Å². The van der Waals surface area contributed by atoms with Gasteiger partial charge in [0.15, 0.2) is 0 Å². The molecule has 1 aliphatic rings. The lowest BCUT2D eigenvalue weighted by molar-refractivity contribution is 0.495. The number of hydrogen-bond acceptors (Lipinski definition) is 0. The largest absolute Gasteiger partial charge is 0.0988 e. The molecule has 1 unspecified atom stereocenters. The van der Waals surface area contributed by atoms with E-state index in [1.54, 1.807) is 0 Å². The average Bonchev–Trinajstić information content (AvgIpc) is 2.16. The number of hydrogen-bond donors (Lipinski definition) is 0. The second-order valence-corrected chi connectivity index (χ2v) is 3.47. The van der Waals surface area contributed by atoms with E-state index in [0.29, 0.717) is 0 Å². The Morgan fingerprint density at radius 1 is 1.58 bits per heavy atom. The molecule has 0 radical (unpaired) electrons. The predicted molar refractivity (Wildman–Crippen MR) is 55.1 cm³/mol. The highest BCUT2D eigenvalue weighted by atomic mass is 14.2. The summed E-state index contributed by atoms with van der Waals surface area (Å²) in [6.45, 7) is 8.21. The van der Waals surface area contributed by atoms with Crippen molar-refractivity contribution in [3.63, 3.8) is 0 Å². The van der Waals surface area contributed by atoms with Gasteiger partial charge in [0.1, 0.15) is 0 Å². The first-order chi connectivity index (χ1) is 5.80. The molecule has 1 rings (SSSR count). The van der Waals surface area contributed by atoms with Gasteiger partial charge in [-0.1, -0.05) is 43.7 Å². The maximum absolute atomic E-state index is 3.83. The van der Waals surface area contributed by atoms with Crippen LogP contribution >= 0.6 is 0 Å². The molecular formula is C12H18. The normalized spacial score (nSPS) is 27.0. The van der Waals surface area contributed by atoms with Crippen LogP contribution in [-0.4, -0.2) is 0 Å². The molecule has 0 N–H and O–H groups in total. The van der Waals surface area contributed by atoms with Crippen molar-refractivity contribution in [3.05, 3.63) is 36.0 Å². The van der Waals surface area contributed by atoms with Gasteiger partial charge in [-0.25, -0.2) is 0 Å². The molecule has 1 aliphatic carbocycles. The van der Waals surface area contributed by atoms with Crippen LogP contribution in [0.5, 0.6) is 0 Å². The zero-order chi connectivity index (χ0) is 8.97. The van der Waals surface area contributed by atoms with Crippen LogP contribution in [0.25, 0.3) is 0 Å². The smallest absolute Gasteiger partial charge is 0.0247 e. The van der Waals surface area contributed by atoms with Gasteiger partial charge in [-0.2, -0.15) is 0 Å². The molecule has 0 heterocycles. The van der Waals surface area contributed by atoms with Crippen molar-refractivity contribution in [1.29, 1.82) is 0 Å². The van der Waals surface area contributed by atoms with Crippen molar-refractivity contribution in [2.45, 2.75) is 33.1 Å². The third-order valence-corrected chi connectivity index (χ3v) is 2.63. The van der Waals surface area contributed by atoms with Crippen LogP contribution in [0.15, 0.2) is 36.0 Å². The van der Waals surface area contributed by atoms with Crippen molar-refractivity contribution < 1.29 is 0 Å². The van der Waals surface area contributed by atoms with E-state index in [0.717, 1.165) is 5.92 Å². The van der Waals surface area contributed by atoms with E-state index in [2.05, 4.69) is 32.6 Å². The summed E-state index contributed by atoms with van der Waals surface area (Å²) in [4.78, 5) is 0. The van der Waals surface area contributed by atoms with Crippen molar-refractivity contribution in [2.75, 3.05) is 0 Å². The van der Waals surface area contributed by atoms with Crippen LogP contribution in [0.2, 0.25) is 0 Å². The third kappa shape index (κ3) is 2.10. The molecule has 0 bridgehead atoms. The lowest BCUT2D eigenvalue weighted by Gasteiger charge is -2.21. The van der Waals surface area contributed by atoms with Gasteiger partial charge in [-0.3, -0.25) is 0 Å². The lowest BCUT2D eigenvalue weighted by Crippen LogP contribution is -2.06. The zero-order valence-electron chi connectivity index (χ0n) is 8.14. The van der Waals surface area contributed by atoms with Crippen molar-refractivity contribution in [3.8, 4) is 0 Å². The summed E-state index contributed by atoms with van der Waals surface area (Å²) in [5.41, 5.74) is 2.88. The minimum absolute atomic E-state index is 0.842. The van der Waals surface area contributed by atoms with E-state index in [1.165, 1.54) is 30.4 Å². The van der Waals surface area contributed by atoms with Crippen molar-refractivity contribution >= 4 is 0 Å². The molecule has 0 saturated carbocycles. The van der Waals surface area contributed by atoms with Crippen LogP contribution in [0.1, 0.15) is 33.1 Å². The highest BCUT2D eigenvalue weighted by Crippen LogP contribution is 2.30. The Balaban J connectivity index is 2.77. The summed E-state index contributed by atoms with van der Waals surface area (Å²) in [6.07, 6.45) is 10.2. The predicted octanol–water partition coefficient (Wildman–Crippen LogP) is 3.87. The molecule has 0 amide bonds. The van der Waals surface area contributed by atoms with E-state index in [4.69, 9.17) is 0 Å². The topological polar surface area (TPSA) is 0 Å². The SMILES string of the molecule is C=CC1=CC(=CC)CC(CC)C1. The third-order valence-electron chi connectivity index (χ3n) is 2.63. The summed E-state index contributed by atoms with van der Waals surface area (Å²) >= 11 is 0. The lowest BCUT2D eigenvalue weighted by atomic mass is 9.84. The van der Waals surface area contributed by atoms with Gasteiger partial charge < -0.3 is 0 Å². The first-order valence-electron chi connectivity index (χ1n) is 4.78. The molecule has 12 heavy (non-hydrogen) atoms. The molecular weight excluding hydrogens is 144 g/mol. The summed E-state index contributed by atoms with van der Waals surface area (Å²) in [7, 11) is 0. The van der Waals surface area contributed by atoms with Crippen LogP contribution in [0.3, 0.4) is 0 Å². The first kappa shape index (κ1) is 9.31. The Morgan fingerprint density at radius 2 is 2.33 bits per heavy atom. The van der Waals surface area contributed by atoms with Crippen LogP contribution in [0, 0.1) is 5.92 Å². The molecule has 0 aromatic rings. The molecule has 0 nitrogen and oxygen atoms in total. The number of allylic oxidation sites excluding steroid dienone is 5. The van der Waals surface area contributed by atoms with Gasteiger partial charge in [-0.05, 0) is 31.3 Å². The maximum atomic E-state index is 3.83. The molecule has 0 spiro atoms. The van der Waals surface area contributed by atoms with Gasteiger partial charge in [0.05, 0.1) is 0 Å². The molecule has 0 saturated heterocycles. The zero-order valence-corrected chi connectivity index (χ0v) is 8.14. The molecule has 1 atom stereocenters. The summed E-state index contributed by atoms with van der Waals surface area (Å²) in [5, 5.41) is 0. The fraction of sp³-hybridized carbons (Fsp3) is 0.500. The molecule has 66 valence electrons.